The van der Waals surface area contributed by atoms with Crippen molar-refractivity contribution >= 4 is 23.2 Å². The van der Waals surface area contributed by atoms with Gasteiger partial charge in [0.05, 0.1) is 12.1 Å². The summed E-state index contributed by atoms with van der Waals surface area (Å²) >= 11 is 11.8. The summed E-state index contributed by atoms with van der Waals surface area (Å²) in [6, 6.07) is 4.60. The molecule has 2 unspecified atom stereocenters. The van der Waals surface area contributed by atoms with E-state index in [1.165, 1.54) is 0 Å². The zero-order valence-electron chi connectivity index (χ0n) is 7.17. The topological polar surface area (TPSA) is 46.2 Å². The van der Waals surface area contributed by atoms with Crippen molar-refractivity contribution in [2.75, 3.05) is 0 Å². The van der Waals surface area contributed by atoms with Crippen molar-refractivity contribution in [3.05, 3.63) is 33.8 Å². The Kier molecular flexibility index (Phi) is 3.56. The van der Waals surface area contributed by atoms with Gasteiger partial charge in [0.2, 0.25) is 0 Å². The van der Waals surface area contributed by atoms with Crippen LogP contribution in [0.5, 0.6) is 0 Å². The van der Waals surface area contributed by atoms with Crippen LogP contribution in [0, 0.1) is 0 Å². The molecule has 4 heteroatoms. The van der Waals surface area contributed by atoms with Gasteiger partial charge in [0, 0.05) is 15.6 Å². The van der Waals surface area contributed by atoms with Crippen LogP contribution in [0.4, 0.5) is 0 Å². The standard InChI is InChI=1S/C9H11Cl2NO/c1-5(13)9(12)8-6(10)3-2-4-7(8)11/h2-5,9,13H,12H2,1H3. The Morgan fingerprint density at radius 1 is 1.31 bits per heavy atom. The molecule has 0 aliphatic carbocycles. The smallest absolute Gasteiger partial charge is 0.0705 e. The molecule has 72 valence electrons. The van der Waals surface area contributed by atoms with Crippen molar-refractivity contribution in [3.63, 3.8) is 0 Å². The van der Waals surface area contributed by atoms with Gasteiger partial charge in [-0.15, -0.1) is 0 Å². The maximum absolute atomic E-state index is 9.28. The molecule has 1 aromatic rings. The first-order chi connectivity index (χ1) is 6.04. The Balaban J connectivity index is 3.12. The fourth-order valence-corrected chi connectivity index (χ4v) is 1.72. The van der Waals surface area contributed by atoms with E-state index in [1.54, 1.807) is 25.1 Å². The molecule has 0 fully saturated rings. The number of rotatable bonds is 2. The van der Waals surface area contributed by atoms with Crippen LogP contribution in [0.1, 0.15) is 18.5 Å². The molecule has 13 heavy (non-hydrogen) atoms. The van der Waals surface area contributed by atoms with Crippen LogP contribution >= 0.6 is 23.2 Å². The fraction of sp³-hybridized carbons (Fsp3) is 0.333. The lowest BCUT2D eigenvalue weighted by atomic mass is 10.0. The average Bonchev–Trinajstić information content (AvgIpc) is 2.03. The van der Waals surface area contributed by atoms with Gasteiger partial charge in [-0.05, 0) is 19.1 Å². The van der Waals surface area contributed by atoms with E-state index in [0.717, 1.165) is 0 Å². The van der Waals surface area contributed by atoms with Crippen LogP contribution in [0.2, 0.25) is 10.0 Å². The highest BCUT2D eigenvalue weighted by atomic mass is 35.5. The van der Waals surface area contributed by atoms with E-state index in [2.05, 4.69) is 0 Å². The predicted octanol–water partition coefficient (Wildman–Crippen LogP) is 2.37. The molecule has 0 aliphatic rings. The molecule has 0 saturated carbocycles. The Bertz CT molecular complexity index is 281. The van der Waals surface area contributed by atoms with Gasteiger partial charge in [-0.25, -0.2) is 0 Å². The van der Waals surface area contributed by atoms with E-state index >= 15 is 0 Å². The van der Waals surface area contributed by atoms with Gasteiger partial charge in [-0.3, -0.25) is 0 Å². The Hall–Kier alpha value is -0.280. The van der Waals surface area contributed by atoms with Crippen LogP contribution in [0.25, 0.3) is 0 Å². The van der Waals surface area contributed by atoms with Crippen molar-refractivity contribution in [2.24, 2.45) is 5.73 Å². The molecule has 1 rings (SSSR count). The molecule has 0 radical (unpaired) electrons. The quantitative estimate of drug-likeness (QED) is 0.803. The highest BCUT2D eigenvalue weighted by molar-refractivity contribution is 6.36. The van der Waals surface area contributed by atoms with Gasteiger partial charge >= 0.3 is 0 Å². The maximum Gasteiger partial charge on any atom is 0.0705 e. The van der Waals surface area contributed by atoms with Gasteiger partial charge in [0.1, 0.15) is 0 Å². The molecule has 0 heterocycles. The Labute approximate surface area is 87.3 Å². The zero-order chi connectivity index (χ0) is 10.0. The minimum atomic E-state index is -0.669. The molecule has 0 aromatic heterocycles. The van der Waals surface area contributed by atoms with Crippen LogP contribution in [0.3, 0.4) is 0 Å². The Morgan fingerprint density at radius 3 is 2.15 bits per heavy atom. The summed E-state index contributed by atoms with van der Waals surface area (Å²) in [6.07, 6.45) is -0.669. The normalized spacial score (nSPS) is 15.5. The van der Waals surface area contributed by atoms with Gasteiger partial charge in [0.15, 0.2) is 0 Å². The van der Waals surface area contributed by atoms with Crippen molar-refractivity contribution in [1.29, 1.82) is 0 Å². The van der Waals surface area contributed by atoms with E-state index in [0.29, 0.717) is 15.6 Å². The summed E-state index contributed by atoms with van der Waals surface area (Å²) in [6.45, 7) is 1.60. The number of hydrogen-bond acceptors (Lipinski definition) is 2. The first-order valence-electron chi connectivity index (χ1n) is 3.91. The second-order valence-corrected chi connectivity index (χ2v) is 3.72. The minimum Gasteiger partial charge on any atom is -0.391 e. The number of aliphatic hydroxyl groups excluding tert-OH is 1. The summed E-state index contributed by atoms with van der Waals surface area (Å²) in [5.41, 5.74) is 6.32. The number of benzene rings is 1. The molecular weight excluding hydrogens is 209 g/mol. The van der Waals surface area contributed by atoms with E-state index in [-0.39, 0.29) is 0 Å². The minimum absolute atomic E-state index is 0.487. The van der Waals surface area contributed by atoms with E-state index in [4.69, 9.17) is 28.9 Å². The summed E-state index contributed by atoms with van der Waals surface area (Å²) in [7, 11) is 0. The third-order valence-corrected chi connectivity index (χ3v) is 2.51. The largest absolute Gasteiger partial charge is 0.391 e. The van der Waals surface area contributed by atoms with Gasteiger partial charge in [0.25, 0.3) is 0 Å². The van der Waals surface area contributed by atoms with Crippen LogP contribution in [0.15, 0.2) is 18.2 Å². The molecule has 2 atom stereocenters. The monoisotopic (exact) mass is 219 g/mol. The first-order valence-corrected chi connectivity index (χ1v) is 4.67. The Morgan fingerprint density at radius 2 is 1.77 bits per heavy atom. The number of aliphatic hydroxyl groups is 1. The van der Waals surface area contributed by atoms with Crippen LogP contribution < -0.4 is 5.73 Å². The van der Waals surface area contributed by atoms with E-state index < -0.39 is 12.1 Å². The van der Waals surface area contributed by atoms with Crippen molar-refractivity contribution in [3.8, 4) is 0 Å². The number of halogens is 2. The average molecular weight is 220 g/mol. The van der Waals surface area contributed by atoms with Crippen molar-refractivity contribution in [2.45, 2.75) is 19.1 Å². The second kappa shape index (κ2) is 4.29. The van der Waals surface area contributed by atoms with Crippen molar-refractivity contribution in [1.82, 2.24) is 0 Å². The predicted molar refractivity (Wildman–Crippen MR) is 55.1 cm³/mol. The highest BCUT2D eigenvalue weighted by Crippen LogP contribution is 2.30. The summed E-state index contributed by atoms with van der Waals surface area (Å²) < 4.78 is 0. The van der Waals surface area contributed by atoms with E-state index in [1.807, 2.05) is 0 Å². The summed E-state index contributed by atoms with van der Waals surface area (Å²) in [4.78, 5) is 0. The third-order valence-electron chi connectivity index (χ3n) is 1.85. The first kappa shape index (κ1) is 10.8. The molecule has 0 aliphatic heterocycles. The summed E-state index contributed by atoms with van der Waals surface area (Å²) in [5.74, 6) is 0. The van der Waals surface area contributed by atoms with E-state index in [9.17, 15) is 5.11 Å². The lowest BCUT2D eigenvalue weighted by Crippen LogP contribution is -2.23. The van der Waals surface area contributed by atoms with Crippen molar-refractivity contribution < 1.29 is 5.11 Å². The SMILES string of the molecule is CC(O)C(N)c1c(Cl)cccc1Cl. The lowest BCUT2D eigenvalue weighted by Gasteiger charge is -2.17. The van der Waals surface area contributed by atoms with Gasteiger partial charge in [-0.1, -0.05) is 29.3 Å². The molecule has 2 nitrogen and oxygen atoms in total. The lowest BCUT2D eigenvalue weighted by molar-refractivity contribution is 0.164. The zero-order valence-corrected chi connectivity index (χ0v) is 8.68. The summed E-state index contributed by atoms with van der Waals surface area (Å²) in [5, 5.41) is 10.3. The van der Waals surface area contributed by atoms with Gasteiger partial charge < -0.3 is 10.8 Å². The van der Waals surface area contributed by atoms with Crippen LogP contribution in [-0.4, -0.2) is 11.2 Å². The third kappa shape index (κ3) is 2.35. The molecular formula is C9H11Cl2NO. The highest BCUT2D eigenvalue weighted by Gasteiger charge is 2.17. The van der Waals surface area contributed by atoms with Gasteiger partial charge in [-0.2, -0.15) is 0 Å². The van der Waals surface area contributed by atoms with Crippen LogP contribution in [-0.2, 0) is 0 Å². The maximum atomic E-state index is 9.28. The number of nitrogens with two attached hydrogens (primary N) is 1. The second-order valence-electron chi connectivity index (χ2n) is 2.90. The fourth-order valence-electron chi connectivity index (χ4n) is 1.07. The molecule has 0 bridgehead atoms. The molecule has 1 aromatic carbocycles. The molecule has 3 N–H and O–H groups in total. The molecule has 0 saturated heterocycles. The molecule has 0 amide bonds. The molecule has 0 spiro atoms. The number of hydrogen-bond donors (Lipinski definition) is 2.